The quantitative estimate of drug-likeness (QED) is 0.850. The molecule has 24 heavy (non-hydrogen) atoms. The van der Waals surface area contributed by atoms with Crippen molar-refractivity contribution in [2.45, 2.75) is 31.3 Å². The van der Waals surface area contributed by atoms with Gasteiger partial charge in [-0.15, -0.1) is 0 Å². The maximum Gasteiger partial charge on any atom is 0.253 e. The third kappa shape index (κ3) is 3.02. The predicted molar refractivity (Wildman–Crippen MR) is 86.0 cm³/mol. The molecular formula is C18H21FN2O3. The minimum Gasteiger partial charge on any atom is -0.361 e. The fourth-order valence-electron chi connectivity index (χ4n) is 3.60. The lowest BCUT2D eigenvalue weighted by Gasteiger charge is -2.40. The molecule has 2 amide bonds. The first-order chi connectivity index (χ1) is 11.5. The van der Waals surface area contributed by atoms with Crippen LogP contribution in [0.5, 0.6) is 0 Å². The molecule has 2 saturated heterocycles. The maximum absolute atomic E-state index is 13.5. The summed E-state index contributed by atoms with van der Waals surface area (Å²) >= 11 is 0. The van der Waals surface area contributed by atoms with E-state index in [1.165, 1.54) is 12.1 Å². The van der Waals surface area contributed by atoms with Crippen LogP contribution in [0, 0.1) is 11.7 Å². The van der Waals surface area contributed by atoms with Crippen LogP contribution in [0.4, 0.5) is 10.1 Å². The molecule has 3 aliphatic rings. The van der Waals surface area contributed by atoms with Gasteiger partial charge in [-0.2, -0.15) is 0 Å². The van der Waals surface area contributed by atoms with Gasteiger partial charge in [0.05, 0.1) is 13.1 Å². The largest absolute Gasteiger partial charge is 0.361 e. The van der Waals surface area contributed by atoms with Gasteiger partial charge in [0, 0.05) is 18.7 Å². The Kier molecular flexibility index (Phi) is 3.79. The van der Waals surface area contributed by atoms with Crippen LogP contribution in [0.3, 0.4) is 0 Å². The van der Waals surface area contributed by atoms with E-state index in [4.69, 9.17) is 4.74 Å². The first-order valence-corrected chi connectivity index (χ1v) is 8.52. The number of hydrogen-bond acceptors (Lipinski definition) is 3. The molecule has 1 atom stereocenters. The van der Waals surface area contributed by atoms with Crippen molar-refractivity contribution in [3.8, 4) is 0 Å². The Labute approximate surface area is 140 Å². The molecule has 1 aliphatic carbocycles. The van der Waals surface area contributed by atoms with Crippen molar-refractivity contribution < 1.29 is 18.7 Å². The van der Waals surface area contributed by atoms with Gasteiger partial charge in [0.15, 0.2) is 0 Å². The van der Waals surface area contributed by atoms with Crippen LogP contribution in [0.15, 0.2) is 24.3 Å². The SMILES string of the molecule is O=C(CC1CC1)N1CCC2(C1)CN(c1cccc(F)c1)C(=O)CO2. The number of amides is 2. The second-order valence-corrected chi connectivity index (χ2v) is 7.14. The molecule has 1 aromatic carbocycles. The molecule has 1 spiro atoms. The van der Waals surface area contributed by atoms with Crippen molar-refractivity contribution in [2.75, 3.05) is 31.1 Å². The van der Waals surface area contributed by atoms with Gasteiger partial charge >= 0.3 is 0 Å². The van der Waals surface area contributed by atoms with Gasteiger partial charge in [-0.05, 0) is 43.4 Å². The van der Waals surface area contributed by atoms with E-state index in [9.17, 15) is 14.0 Å². The molecule has 0 radical (unpaired) electrons. The zero-order chi connectivity index (χ0) is 16.7. The average molecular weight is 332 g/mol. The van der Waals surface area contributed by atoms with Crippen molar-refractivity contribution in [3.63, 3.8) is 0 Å². The summed E-state index contributed by atoms with van der Waals surface area (Å²) in [6.07, 6.45) is 3.65. The normalized spacial score (nSPS) is 27.1. The van der Waals surface area contributed by atoms with Crippen molar-refractivity contribution in [2.24, 2.45) is 5.92 Å². The number of hydrogen-bond donors (Lipinski definition) is 0. The number of ether oxygens (including phenoxy) is 1. The van der Waals surface area contributed by atoms with Crippen molar-refractivity contribution in [3.05, 3.63) is 30.1 Å². The van der Waals surface area contributed by atoms with Gasteiger partial charge < -0.3 is 14.5 Å². The number of carbonyl (C=O) groups is 2. The van der Waals surface area contributed by atoms with Gasteiger partial charge in [0.25, 0.3) is 5.91 Å². The van der Waals surface area contributed by atoms with E-state index in [0.29, 0.717) is 44.1 Å². The Morgan fingerprint density at radius 3 is 2.92 bits per heavy atom. The van der Waals surface area contributed by atoms with Gasteiger partial charge in [0.1, 0.15) is 18.0 Å². The number of halogens is 1. The molecular weight excluding hydrogens is 311 g/mol. The predicted octanol–water partition coefficient (Wildman–Crippen LogP) is 1.96. The van der Waals surface area contributed by atoms with Crippen LogP contribution in [-0.2, 0) is 14.3 Å². The Morgan fingerprint density at radius 2 is 2.17 bits per heavy atom. The summed E-state index contributed by atoms with van der Waals surface area (Å²) in [4.78, 5) is 28.0. The van der Waals surface area contributed by atoms with Crippen molar-refractivity contribution >= 4 is 17.5 Å². The zero-order valence-corrected chi connectivity index (χ0v) is 13.5. The standard InChI is InChI=1S/C18H21FN2O3/c19-14-2-1-3-15(9-14)21-12-18(24-10-17(21)23)6-7-20(11-18)16(22)8-13-4-5-13/h1-3,9,13H,4-8,10-12H2. The lowest BCUT2D eigenvalue weighted by molar-refractivity contribution is -0.139. The second kappa shape index (κ2) is 5.84. The maximum atomic E-state index is 13.5. The monoisotopic (exact) mass is 332 g/mol. The van der Waals surface area contributed by atoms with E-state index in [1.54, 1.807) is 17.0 Å². The van der Waals surface area contributed by atoms with Crippen LogP contribution < -0.4 is 4.90 Å². The summed E-state index contributed by atoms with van der Waals surface area (Å²) < 4.78 is 19.3. The van der Waals surface area contributed by atoms with E-state index >= 15 is 0 Å². The minimum absolute atomic E-state index is 0.0266. The number of nitrogens with zero attached hydrogens (tertiary/aromatic N) is 2. The van der Waals surface area contributed by atoms with E-state index in [0.717, 1.165) is 12.8 Å². The van der Waals surface area contributed by atoms with Gasteiger partial charge in [-0.1, -0.05) is 6.07 Å². The Bertz CT molecular complexity index is 676. The highest BCUT2D eigenvalue weighted by Crippen LogP contribution is 2.36. The molecule has 128 valence electrons. The topological polar surface area (TPSA) is 49.9 Å². The Balaban J connectivity index is 1.48. The smallest absolute Gasteiger partial charge is 0.253 e. The Morgan fingerprint density at radius 1 is 1.33 bits per heavy atom. The van der Waals surface area contributed by atoms with Gasteiger partial charge in [0.2, 0.25) is 5.91 Å². The minimum atomic E-state index is -0.528. The molecule has 4 rings (SSSR count). The van der Waals surface area contributed by atoms with Crippen LogP contribution in [0.1, 0.15) is 25.7 Å². The van der Waals surface area contributed by atoms with E-state index in [1.807, 2.05) is 4.90 Å². The van der Waals surface area contributed by atoms with E-state index in [2.05, 4.69) is 0 Å². The molecule has 0 N–H and O–H groups in total. The highest BCUT2D eigenvalue weighted by molar-refractivity contribution is 5.95. The van der Waals surface area contributed by atoms with Crippen LogP contribution >= 0.6 is 0 Å². The molecule has 1 aromatic rings. The summed E-state index contributed by atoms with van der Waals surface area (Å²) in [5.74, 6) is 0.210. The van der Waals surface area contributed by atoms with Crippen molar-refractivity contribution in [1.82, 2.24) is 4.90 Å². The highest BCUT2D eigenvalue weighted by atomic mass is 19.1. The van der Waals surface area contributed by atoms with Crippen LogP contribution in [0.25, 0.3) is 0 Å². The molecule has 2 aliphatic heterocycles. The van der Waals surface area contributed by atoms with E-state index < -0.39 is 5.60 Å². The molecule has 1 unspecified atom stereocenters. The van der Waals surface area contributed by atoms with Gasteiger partial charge in [-0.25, -0.2) is 4.39 Å². The molecule has 5 nitrogen and oxygen atoms in total. The van der Waals surface area contributed by atoms with Gasteiger partial charge in [-0.3, -0.25) is 9.59 Å². The first-order valence-electron chi connectivity index (χ1n) is 8.52. The lowest BCUT2D eigenvalue weighted by Crippen LogP contribution is -2.56. The third-order valence-electron chi connectivity index (χ3n) is 5.20. The molecule has 0 aromatic heterocycles. The van der Waals surface area contributed by atoms with Crippen LogP contribution in [-0.4, -0.2) is 48.6 Å². The van der Waals surface area contributed by atoms with Crippen LogP contribution in [0.2, 0.25) is 0 Å². The molecule has 2 heterocycles. The number of carbonyl (C=O) groups excluding carboxylic acids is 2. The summed E-state index contributed by atoms with van der Waals surface area (Å²) in [6.45, 7) is 1.51. The summed E-state index contributed by atoms with van der Waals surface area (Å²) in [7, 11) is 0. The summed E-state index contributed by atoms with van der Waals surface area (Å²) in [5, 5.41) is 0. The Hall–Kier alpha value is -1.95. The number of anilines is 1. The molecule has 1 saturated carbocycles. The summed E-state index contributed by atoms with van der Waals surface area (Å²) in [5.41, 5.74) is 0.0184. The number of benzene rings is 1. The lowest BCUT2D eigenvalue weighted by atomic mass is 10.00. The molecule has 6 heteroatoms. The fraction of sp³-hybridized carbons (Fsp3) is 0.556. The molecule has 3 fully saturated rings. The fourth-order valence-corrected chi connectivity index (χ4v) is 3.60. The number of rotatable bonds is 3. The zero-order valence-electron chi connectivity index (χ0n) is 13.5. The van der Waals surface area contributed by atoms with E-state index in [-0.39, 0.29) is 24.2 Å². The summed E-state index contributed by atoms with van der Waals surface area (Å²) in [6, 6.07) is 6.05. The number of morpholine rings is 1. The average Bonchev–Trinajstić information content (AvgIpc) is 3.28. The number of likely N-dealkylation sites (tertiary alicyclic amines) is 1. The third-order valence-corrected chi connectivity index (χ3v) is 5.20. The first kappa shape index (κ1) is 15.6. The highest BCUT2D eigenvalue weighted by Gasteiger charge is 2.47. The second-order valence-electron chi connectivity index (χ2n) is 7.14. The molecule has 0 bridgehead atoms. The van der Waals surface area contributed by atoms with Crippen molar-refractivity contribution in [1.29, 1.82) is 0 Å².